The first-order valence-corrected chi connectivity index (χ1v) is 8.89. The maximum absolute atomic E-state index is 10.1. The number of aryl methyl sites for hydroxylation is 1. The number of fused-ring (bicyclic) bond motifs is 2. The Hall–Kier alpha value is -2.24. The molecule has 25 heavy (non-hydrogen) atoms. The van der Waals surface area contributed by atoms with E-state index in [0.29, 0.717) is 12.6 Å². The molecule has 0 fully saturated rings. The predicted molar refractivity (Wildman–Crippen MR) is 98.3 cm³/mol. The molecule has 0 spiro atoms. The van der Waals surface area contributed by atoms with Crippen molar-refractivity contribution in [2.45, 2.75) is 44.8 Å². The average Bonchev–Trinajstić information content (AvgIpc) is 3.22. The quantitative estimate of drug-likeness (QED) is 0.752. The van der Waals surface area contributed by atoms with E-state index in [9.17, 15) is 5.11 Å². The predicted octanol–water partition coefficient (Wildman–Crippen LogP) is 2.94. The van der Waals surface area contributed by atoms with Gasteiger partial charge in [-0.1, -0.05) is 24.3 Å². The van der Waals surface area contributed by atoms with Gasteiger partial charge < -0.3 is 10.4 Å². The van der Waals surface area contributed by atoms with Gasteiger partial charge in [0.1, 0.15) is 0 Å². The first kappa shape index (κ1) is 16.2. The SMILES string of the molecule is CC(C)n1ncc2cc(CNC3(CO)CCc4ccccc43)cnc21. The molecule has 3 aromatic rings. The van der Waals surface area contributed by atoms with Gasteiger partial charge in [-0.25, -0.2) is 9.67 Å². The summed E-state index contributed by atoms with van der Waals surface area (Å²) in [4.78, 5) is 4.60. The minimum Gasteiger partial charge on any atom is -0.394 e. The molecule has 5 nitrogen and oxygen atoms in total. The molecule has 1 atom stereocenters. The number of aliphatic hydroxyl groups is 1. The molecule has 130 valence electrons. The molecule has 1 unspecified atom stereocenters. The van der Waals surface area contributed by atoms with E-state index < -0.39 is 0 Å². The summed E-state index contributed by atoms with van der Waals surface area (Å²) in [7, 11) is 0. The van der Waals surface area contributed by atoms with Crippen molar-refractivity contribution >= 4 is 11.0 Å². The minimum atomic E-state index is -0.354. The molecular formula is C20H24N4O. The molecule has 2 heterocycles. The van der Waals surface area contributed by atoms with Gasteiger partial charge in [0.15, 0.2) is 5.65 Å². The summed E-state index contributed by atoms with van der Waals surface area (Å²) in [5.41, 5.74) is 4.22. The second-order valence-electron chi connectivity index (χ2n) is 7.19. The zero-order valence-corrected chi connectivity index (χ0v) is 14.7. The van der Waals surface area contributed by atoms with E-state index in [1.807, 2.05) is 23.1 Å². The van der Waals surface area contributed by atoms with Crippen LogP contribution in [0.15, 0.2) is 42.7 Å². The summed E-state index contributed by atoms with van der Waals surface area (Å²) in [6.07, 6.45) is 5.70. The Morgan fingerprint density at radius 1 is 1.28 bits per heavy atom. The zero-order valence-electron chi connectivity index (χ0n) is 14.7. The van der Waals surface area contributed by atoms with E-state index in [0.717, 1.165) is 29.4 Å². The first-order valence-electron chi connectivity index (χ1n) is 8.89. The molecule has 1 aromatic carbocycles. The van der Waals surface area contributed by atoms with Crippen molar-refractivity contribution in [3.8, 4) is 0 Å². The lowest BCUT2D eigenvalue weighted by molar-refractivity contribution is 0.159. The molecule has 2 aromatic heterocycles. The smallest absolute Gasteiger partial charge is 0.157 e. The Balaban J connectivity index is 1.58. The van der Waals surface area contributed by atoms with Crippen LogP contribution in [-0.4, -0.2) is 26.5 Å². The highest BCUT2D eigenvalue weighted by molar-refractivity contribution is 5.75. The van der Waals surface area contributed by atoms with Gasteiger partial charge in [-0.15, -0.1) is 0 Å². The molecule has 1 aliphatic rings. The minimum absolute atomic E-state index is 0.102. The maximum atomic E-state index is 10.1. The number of benzene rings is 1. The van der Waals surface area contributed by atoms with E-state index >= 15 is 0 Å². The molecule has 2 N–H and O–H groups in total. The number of aromatic nitrogens is 3. The highest BCUT2D eigenvalue weighted by Crippen LogP contribution is 2.36. The van der Waals surface area contributed by atoms with E-state index in [2.05, 4.69) is 53.5 Å². The van der Waals surface area contributed by atoms with E-state index in [4.69, 9.17) is 0 Å². The van der Waals surface area contributed by atoms with Crippen molar-refractivity contribution in [3.63, 3.8) is 0 Å². The van der Waals surface area contributed by atoms with Crippen LogP contribution in [0.3, 0.4) is 0 Å². The van der Waals surface area contributed by atoms with Crippen molar-refractivity contribution in [2.75, 3.05) is 6.61 Å². The highest BCUT2D eigenvalue weighted by Gasteiger charge is 2.37. The molecule has 1 aliphatic carbocycles. The van der Waals surface area contributed by atoms with Crippen LogP contribution >= 0.6 is 0 Å². The Morgan fingerprint density at radius 2 is 2.12 bits per heavy atom. The fourth-order valence-corrected chi connectivity index (χ4v) is 3.82. The monoisotopic (exact) mass is 336 g/mol. The summed E-state index contributed by atoms with van der Waals surface area (Å²) in [5.74, 6) is 0. The lowest BCUT2D eigenvalue weighted by Gasteiger charge is -2.30. The Morgan fingerprint density at radius 3 is 2.92 bits per heavy atom. The average molecular weight is 336 g/mol. The fourth-order valence-electron chi connectivity index (χ4n) is 3.82. The lowest BCUT2D eigenvalue weighted by Crippen LogP contribution is -2.43. The standard InChI is InChI=1S/C20H24N4O/c1-14(2)24-19-17(12-23-24)9-15(10-21-19)11-22-20(13-25)8-7-16-5-3-4-6-18(16)20/h3-6,9-10,12,14,22,25H,7-8,11,13H2,1-2H3. The highest BCUT2D eigenvalue weighted by atomic mass is 16.3. The van der Waals surface area contributed by atoms with Crippen LogP contribution in [0.1, 0.15) is 43.0 Å². The van der Waals surface area contributed by atoms with E-state index in [-0.39, 0.29) is 12.1 Å². The molecule has 4 rings (SSSR count). The van der Waals surface area contributed by atoms with Crippen molar-refractivity contribution in [2.24, 2.45) is 0 Å². The van der Waals surface area contributed by atoms with Crippen LogP contribution in [0.25, 0.3) is 11.0 Å². The summed E-state index contributed by atoms with van der Waals surface area (Å²) in [5, 5.41) is 19.2. The molecule has 0 amide bonds. The Kier molecular flexibility index (Phi) is 4.06. The van der Waals surface area contributed by atoms with Gasteiger partial charge in [0.2, 0.25) is 0 Å². The van der Waals surface area contributed by atoms with Crippen LogP contribution < -0.4 is 5.32 Å². The second kappa shape index (κ2) is 6.24. The fraction of sp³-hybridized carbons (Fsp3) is 0.400. The van der Waals surface area contributed by atoms with Gasteiger partial charge in [-0.3, -0.25) is 0 Å². The Labute approximate surface area is 147 Å². The molecule has 0 bridgehead atoms. The molecule has 0 saturated carbocycles. The van der Waals surface area contributed by atoms with Gasteiger partial charge in [0.25, 0.3) is 0 Å². The number of rotatable bonds is 5. The van der Waals surface area contributed by atoms with Crippen molar-refractivity contribution in [3.05, 3.63) is 59.4 Å². The molecular weight excluding hydrogens is 312 g/mol. The van der Waals surface area contributed by atoms with Crippen LogP contribution in [0, 0.1) is 0 Å². The third-order valence-electron chi connectivity index (χ3n) is 5.23. The number of aliphatic hydroxyl groups excluding tert-OH is 1. The second-order valence-corrected chi connectivity index (χ2v) is 7.19. The summed E-state index contributed by atoms with van der Waals surface area (Å²) < 4.78 is 1.94. The Bertz CT molecular complexity index is 902. The molecule has 5 heteroatoms. The van der Waals surface area contributed by atoms with E-state index in [1.165, 1.54) is 11.1 Å². The zero-order chi connectivity index (χ0) is 17.4. The van der Waals surface area contributed by atoms with Crippen LogP contribution in [0.5, 0.6) is 0 Å². The van der Waals surface area contributed by atoms with E-state index in [1.54, 1.807) is 0 Å². The lowest BCUT2D eigenvalue weighted by atomic mass is 9.92. The van der Waals surface area contributed by atoms with Crippen LogP contribution in [0.2, 0.25) is 0 Å². The topological polar surface area (TPSA) is 63.0 Å². The van der Waals surface area contributed by atoms with Gasteiger partial charge in [0, 0.05) is 24.2 Å². The maximum Gasteiger partial charge on any atom is 0.157 e. The number of hydrogen-bond acceptors (Lipinski definition) is 4. The van der Waals surface area contributed by atoms with Crippen LogP contribution in [0.4, 0.5) is 0 Å². The van der Waals surface area contributed by atoms with Gasteiger partial charge in [0.05, 0.1) is 18.3 Å². The van der Waals surface area contributed by atoms with Crippen molar-refractivity contribution in [1.82, 2.24) is 20.1 Å². The third-order valence-corrected chi connectivity index (χ3v) is 5.23. The van der Waals surface area contributed by atoms with Crippen molar-refractivity contribution in [1.29, 1.82) is 0 Å². The molecule has 0 radical (unpaired) electrons. The number of nitrogens with zero attached hydrogens (tertiary/aromatic N) is 3. The summed E-state index contributed by atoms with van der Waals surface area (Å²) in [6, 6.07) is 10.8. The van der Waals surface area contributed by atoms with Crippen molar-refractivity contribution < 1.29 is 5.11 Å². The van der Waals surface area contributed by atoms with Gasteiger partial charge in [-0.2, -0.15) is 5.10 Å². The normalized spacial score (nSPS) is 19.7. The first-order chi connectivity index (χ1) is 12.1. The summed E-state index contributed by atoms with van der Waals surface area (Å²) >= 11 is 0. The largest absolute Gasteiger partial charge is 0.394 e. The third kappa shape index (κ3) is 2.73. The van der Waals surface area contributed by atoms with Gasteiger partial charge >= 0.3 is 0 Å². The number of nitrogens with one attached hydrogen (secondary N) is 1. The van der Waals surface area contributed by atoms with Crippen LogP contribution in [-0.2, 0) is 18.5 Å². The number of pyridine rings is 1. The summed E-state index contributed by atoms with van der Waals surface area (Å²) in [6.45, 7) is 4.98. The molecule has 0 saturated heterocycles. The molecule has 0 aliphatic heterocycles. The number of hydrogen-bond donors (Lipinski definition) is 2. The van der Waals surface area contributed by atoms with Gasteiger partial charge in [-0.05, 0) is 49.4 Å².